The van der Waals surface area contributed by atoms with E-state index in [9.17, 15) is 22.8 Å². The van der Waals surface area contributed by atoms with Gasteiger partial charge in [0.1, 0.15) is 23.6 Å². The number of fused-ring (bicyclic) bond motifs is 1. The van der Waals surface area contributed by atoms with Gasteiger partial charge in [-0.2, -0.15) is 0 Å². The summed E-state index contributed by atoms with van der Waals surface area (Å²) in [6, 6.07) is 26.7. The number of ketones is 1. The Labute approximate surface area is 329 Å². The van der Waals surface area contributed by atoms with Crippen LogP contribution in [0.15, 0.2) is 108 Å². The molecule has 0 aliphatic carbocycles. The van der Waals surface area contributed by atoms with Crippen LogP contribution >= 0.6 is 11.6 Å². The van der Waals surface area contributed by atoms with Gasteiger partial charge in [0.15, 0.2) is 11.5 Å². The SMILES string of the molecule is CS(=O)(=O)N[C@H](CCc1ccccc1)C(=O)N1C[C@H](OCc2ccc(Cl)cc2)C[C@H]1C(=O)N[C@@H](Cc1ccc(NC(=N)N)cc1)C(=O)c1nc2ccccc2o1. The third-order valence-electron chi connectivity index (χ3n) is 9.28. The summed E-state index contributed by atoms with van der Waals surface area (Å²) in [4.78, 5) is 48.6. The molecule has 1 saturated heterocycles. The first-order valence-electron chi connectivity index (χ1n) is 17.9. The molecule has 4 atom stereocenters. The number of nitrogens with zero attached hydrogens (tertiary/aromatic N) is 2. The zero-order valence-electron chi connectivity index (χ0n) is 30.5. The highest BCUT2D eigenvalue weighted by Gasteiger charge is 2.44. The Balaban J connectivity index is 1.28. The number of carbonyl (C=O) groups is 3. The zero-order valence-corrected chi connectivity index (χ0v) is 32.1. The minimum Gasteiger partial charge on any atom is -0.434 e. The number of aryl methyl sites for hydroxylation is 1. The summed E-state index contributed by atoms with van der Waals surface area (Å²) in [5.41, 5.74) is 9.29. The number of halogens is 1. The number of anilines is 1. The zero-order chi connectivity index (χ0) is 39.8. The monoisotopic (exact) mass is 799 g/mol. The summed E-state index contributed by atoms with van der Waals surface area (Å²) < 4.78 is 39.6. The first kappa shape index (κ1) is 40.1. The lowest BCUT2D eigenvalue weighted by Gasteiger charge is -2.29. The molecular weight excluding hydrogens is 758 g/mol. The van der Waals surface area contributed by atoms with Crippen molar-refractivity contribution in [3.05, 3.63) is 131 Å². The van der Waals surface area contributed by atoms with E-state index in [0.717, 1.165) is 17.4 Å². The smallest absolute Gasteiger partial charge is 0.266 e. The average molecular weight is 800 g/mol. The molecule has 56 heavy (non-hydrogen) atoms. The number of benzene rings is 4. The summed E-state index contributed by atoms with van der Waals surface area (Å²) in [7, 11) is -3.85. The Bertz CT molecular complexity index is 2250. The highest BCUT2D eigenvalue weighted by Crippen LogP contribution is 2.26. The van der Waals surface area contributed by atoms with Gasteiger partial charge in [0.2, 0.25) is 27.6 Å². The van der Waals surface area contributed by atoms with Gasteiger partial charge in [-0.15, -0.1) is 0 Å². The number of sulfonamides is 1. The molecule has 1 fully saturated rings. The Morgan fingerprint density at radius 3 is 2.30 bits per heavy atom. The highest BCUT2D eigenvalue weighted by atomic mass is 35.5. The predicted molar refractivity (Wildman–Crippen MR) is 213 cm³/mol. The molecule has 2 heterocycles. The van der Waals surface area contributed by atoms with E-state index in [2.05, 4.69) is 20.3 Å². The molecule has 1 aliphatic rings. The van der Waals surface area contributed by atoms with Crippen molar-refractivity contribution in [3.8, 4) is 0 Å². The van der Waals surface area contributed by atoms with E-state index in [-0.39, 0.29) is 44.3 Å². The largest absolute Gasteiger partial charge is 0.434 e. The summed E-state index contributed by atoms with van der Waals surface area (Å²) >= 11 is 6.06. The number of likely N-dealkylation sites (tertiary alicyclic amines) is 1. The number of amides is 2. The summed E-state index contributed by atoms with van der Waals surface area (Å²) in [6.07, 6.45) is 0.993. The fourth-order valence-corrected chi connectivity index (χ4v) is 7.43. The molecule has 5 aromatic rings. The van der Waals surface area contributed by atoms with Gasteiger partial charge in [-0.05, 0) is 65.9 Å². The molecular formula is C40H42ClN7O7S. The topological polar surface area (TPSA) is 210 Å². The van der Waals surface area contributed by atoms with Crippen molar-refractivity contribution < 1.29 is 32.0 Å². The molecule has 1 aromatic heterocycles. The van der Waals surface area contributed by atoms with Crippen molar-refractivity contribution in [1.29, 1.82) is 5.41 Å². The van der Waals surface area contributed by atoms with E-state index in [1.165, 1.54) is 4.90 Å². The van der Waals surface area contributed by atoms with Crippen LogP contribution in [0.5, 0.6) is 0 Å². The number of hydrogen-bond donors (Lipinski definition) is 5. The molecule has 0 radical (unpaired) electrons. The lowest BCUT2D eigenvalue weighted by atomic mass is 10.0. The number of para-hydroxylation sites is 2. The maximum Gasteiger partial charge on any atom is 0.266 e. The lowest BCUT2D eigenvalue weighted by molar-refractivity contribution is -0.140. The van der Waals surface area contributed by atoms with Crippen LogP contribution in [0, 0.1) is 5.41 Å². The Hall–Kier alpha value is -5.61. The van der Waals surface area contributed by atoms with Crippen LogP contribution in [0.1, 0.15) is 40.2 Å². The van der Waals surface area contributed by atoms with Gasteiger partial charge in [-0.25, -0.2) is 18.1 Å². The molecule has 0 saturated carbocycles. The summed E-state index contributed by atoms with van der Waals surface area (Å²) in [5, 5.41) is 13.6. The van der Waals surface area contributed by atoms with Crippen molar-refractivity contribution in [2.24, 2.45) is 5.73 Å². The maximum atomic E-state index is 14.4. The van der Waals surface area contributed by atoms with Gasteiger partial charge >= 0.3 is 0 Å². The standard InChI is InChI=1S/C40H42ClN7O7S/c1-56(52,53)47-32(20-15-25-7-3-2-4-8-25)39(51)48-23-30(54-24-27-11-16-28(41)17-12-27)22-34(48)37(50)45-33(21-26-13-18-29(19-14-26)44-40(42)43)36(49)38-46-31-9-5-6-10-35(31)55-38/h2-14,16-19,30,32-34,47H,15,20-24H2,1H3,(H,45,50)(H4,42,43,44)/t30-,32-,33+,34+/m1/s1. The van der Waals surface area contributed by atoms with Crippen molar-refractivity contribution in [2.75, 3.05) is 18.1 Å². The number of hydrogen-bond acceptors (Lipinski definition) is 9. The number of oxazole rings is 1. The number of nitrogens with two attached hydrogens (primary N) is 1. The second-order valence-corrected chi connectivity index (χ2v) is 15.8. The van der Waals surface area contributed by atoms with Crippen LogP contribution in [0.4, 0.5) is 5.69 Å². The number of carbonyl (C=O) groups excluding carboxylic acids is 3. The first-order valence-corrected chi connectivity index (χ1v) is 20.2. The van der Waals surface area contributed by atoms with Gasteiger partial charge in [0.25, 0.3) is 5.89 Å². The van der Waals surface area contributed by atoms with Crippen LogP contribution in [0.25, 0.3) is 11.1 Å². The van der Waals surface area contributed by atoms with E-state index in [1.54, 1.807) is 60.7 Å². The predicted octanol–water partition coefficient (Wildman–Crippen LogP) is 4.43. The van der Waals surface area contributed by atoms with E-state index >= 15 is 0 Å². The molecule has 2 amide bonds. The molecule has 6 N–H and O–H groups in total. The molecule has 14 nitrogen and oxygen atoms in total. The van der Waals surface area contributed by atoms with Crippen molar-refractivity contribution >= 4 is 62.0 Å². The quantitative estimate of drug-likeness (QED) is 0.0539. The number of guanidine groups is 1. The lowest BCUT2D eigenvalue weighted by Crippen LogP contribution is -2.55. The molecule has 1 aliphatic heterocycles. The minimum absolute atomic E-state index is 0.00780. The molecule has 292 valence electrons. The van der Waals surface area contributed by atoms with Gasteiger partial charge in [-0.3, -0.25) is 19.8 Å². The van der Waals surface area contributed by atoms with Crippen molar-refractivity contribution in [2.45, 2.75) is 56.5 Å². The molecule has 4 aromatic carbocycles. The number of ether oxygens (including phenoxy) is 1. The first-order chi connectivity index (χ1) is 26.8. The van der Waals surface area contributed by atoms with Gasteiger partial charge in [0.05, 0.1) is 19.0 Å². The third kappa shape index (κ3) is 10.8. The normalized spacial score (nSPS) is 16.6. The van der Waals surface area contributed by atoms with Crippen molar-refractivity contribution in [1.82, 2.24) is 19.9 Å². The van der Waals surface area contributed by atoms with E-state index < -0.39 is 51.9 Å². The molecule has 0 bridgehead atoms. The molecule has 6 rings (SSSR count). The summed E-state index contributed by atoms with van der Waals surface area (Å²) in [6.45, 7) is 0.163. The molecule has 0 spiro atoms. The molecule has 0 unspecified atom stereocenters. The van der Waals surface area contributed by atoms with E-state index in [0.29, 0.717) is 33.8 Å². The van der Waals surface area contributed by atoms with Crippen LogP contribution in [0.3, 0.4) is 0 Å². The van der Waals surface area contributed by atoms with Crippen molar-refractivity contribution in [3.63, 3.8) is 0 Å². The Kier molecular flexibility index (Phi) is 12.8. The van der Waals surface area contributed by atoms with Crippen LogP contribution in [-0.4, -0.2) is 78.9 Å². The average Bonchev–Trinajstić information content (AvgIpc) is 3.81. The van der Waals surface area contributed by atoms with Gasteiger partial charge < -0.3 is 30.4 Å². The fraction of sp³-hybridized carbons (Fsp3) is 0.275. The summed E-state index contributed by atoms with van der Waals surface area (Å²) in [5.74, 6) is -2.27. The maximum absolute atomic E-state index is 14.4. The van der Waals surface area contributed by atoms with Crippen LogP contribution in [-0.2, 0) is 43.8 Å². The third-order valence-corrected chi connectivity index (χ3v) is 10.2. The van der Waals surface area contributed by atoms with Crippen LogP contribution < -0.4 is 21.1 Å². The number of rotatable bonds is 16. The Morgan fingerprint density at radius 2 is 1.62 bits per heavy atom. The number of aromatic nitrogens is 1. The Morgan fingerprint density at radius 1 is 0.946 bits per heavy atom. The molecule has 16 heteroatoms. The van der Waals surface area contributed by atoms with Gasteiger partial charge in [-0.1, -0.05) is 78.3 Å². The number of nitrogens with one attached hydrogen (secondary N) is 4. The second kappa shape index (κ2) is 17.9. The fourth-order valence-electron chi connectivity index (χ4n) is 6.57. The second-order valence-electron chi connectivity index (χ2n) is 13.6. The van der Waals surface area contributed by atoms with E-state index in [1.807, 2.05) is 42.5 Å². The van der Waals surface area contributed by atoms with Crippen LogP contribution in [0.2, 0.25) is 5.02 Å². The van der Waals surface area contributed by atoms with E-state index in [4.69, 9.17) is 31.9 Å². The highest BCUT2D eigenvalue weighted by molar-refractivity contribution is 7.88. The minimum atomic E-state index is -3.85. The number of Topliss-reactive ketones (excluding diaryl/α,β-unsaturated/α-hetero) is 1. The van der Waals surface area contributed by atoms with Gasteiger partial charge in [0, 0.05) is 30.1 Å².